The van der Waals surface area contributed by atoms with Gasteiger partial charge in [0.1, 0.15) is 0 Å². The summed E-state index contributed by atoms with van der Waals surface area (Å²) in [6.45, 7) is 6.97. The monoisotopic (exact) mass is 413 g/mol. The summed E-state index contributed by atoms with van der Waals surface area (Å²) in [5.74, 6) is -0.392. The lowest BCUT2D eigenvalue weighted by atomic mass is 9.83. The van der Waals surface area contributed by atoms with Crippen LogP contribution in [0.15, 0.2) is 0 Å². The summed E-state index contributed by atoms with van der Waals surface area (Å²) in [6.07, 6.45) is 8.60. The molecule has 3 atom stereocenters. The summed E-state index contributed by atoms with van der Waals surface area (Å²) in [5, 5.41) is 11.8. The van der Waals surface area contributed by atoms with Gasteiger partial charge in [0.2, 0.25) is 0 Å². The Kier molecular flexibility index (Phi) is 11.7. The molecule has 2 N–H and O–H groups in total. The van der Waals surface area contributed by atoms with Crippen molar-refractivity contribution >= 4 is 18.0 Å². The summed E-state index contributed by atoms with van der Waals surface area (Å²) in [6, 6.07) is -0.512. The fourth-order valence-electron chi connectivity index (χ4n) is 3.83. The van der Waals surface area contributed by atoms with Gasteiger partial charge in [-0.05, 0) is 24.7 Å². The first kappa shape index (κ1) is 25.2. The molecule has 1 fully saturated rings. The van der Waals surface area contributed by atoms with Crippen molar-refractivity contribution < 1.29 is 29.0 Å². The lowest BCUT2D eigenvalue weighted by molar-refractivity contribution is -0.172. The van der Waals surface area contributed by atoms with Crippen molar-refractivity contribution in [3.63, 3.8) is 0 Å². The molecule has 7 nitrogen and oxygen atoms in total. The quantitative estimate of drug-likeness (QED) is 0.349. The van der Waals surface area contributed by atoms with Crippen LogP contribution in [-0.2, 0) is 19.1 Å². The van der Waals surface area contributed by atoms with Crippen LogP contribution in [0, 0.1) is 17.8 Å². The van der Waals surface area contributed by atoms with Gasteiger partial charge in [0.25, 0.3) is 6.29 Å². The van der Waals surface area contributed by atoms with Gasteiger partial charge in [-0.3, -0.25) is 9.59 Å². The predicted molar refractivity (Wildman–Crippen MR) is 110 cm³/mol. The van der Waals surface area contributed by atoms with Gasteiger partial charge in [-0.1, -0.05) is 65.7 Å². The first-order valence-corrected chi connectivity index (χ1v) is 11.0. The molecule has 0 spiro atoms. The van der Waals surface area contributed by atoms with E-state index < -0.39 is 30.4 Å². The molecule has 0 bridgehead atoms. The van der Waals surface area contributed by atoms with Crippen molar-refractivity contribution in [2.45, 2.75) is 104 Å². The van der Waals surface area contributed by atoms with Crippen LogP contribution in [0.3, 0.4) is 0 Å². The molecular weight excluding hydrogens is 374 g/mol. The number of rotatable bonds is 12. The minimum Gasteiger partial charge on any atom is -0.481 e. The summed E-state index contributed by atoms with van der Waals surface area (Å²) >= 11 is 0. The third-order valence-corrected chi connectivity index (χ3v) is 5.59. The number of carboxylic acid groups (broad SMARTS) is 1. The van der Waals surface area contributed by atoms with Crippen LogP contribution in [0.1, 0.15) is 91.9 Å². The summed E-state index contributed by atoms with van der Waals surface area (Å²) in [4.78, 5) is 34.5. The second-order valence-electron chi connectivity index (χ2n) is 8.83. The number of aliphatic carboxylic acids is 1. The van der Waals surface area contributed by atoms with Crippen molar-refractivity contribution in [2.75, 3.05) is 0 Å². The Morgan fingerprint density at radius 3 is 2.21 bits per heavy atom. The third-order valence-electron chi connectivity index (χ3n) is 5.59. The summed E-state index contributed by atoms with van der Waals surface area (Å²) < 4.78 is 10.2. The maximum Gasteiger partial charge on any atom is 0.410 e. The standard InChI is InChI=1S/C22H39NO6/c1-15(2)21(28-17(4)24)29-22(27)23-19(14-20(25)26)13-11-16(3)10-12-18-8-6-5-7-9-18/h15-16,18-19,21H,5-14H2,1-4H3,(H,23,27)(H,25,26)/t16-,19+,21-/m1/s1. The molecule has 1 amide bonds. The Balaban J connectivity index is 2.45. The first-order chi connectivity index (χ1) is 13.7. The van der Waals surface area contributed by atoms with Gasteiger partial charge in [-0.15, -0.1) is 0 Å². The van der Waals surface area contributed by atoms with Gasteiger partial charge < -0.3 is 19.9 Å². The SMILES string of the molecule is CC(=O)O[C@H](OC(=O)N[C@@H](CC[C@H](C)CCC1CCCCC1)CC(=O)O)C(C)C. The zero-order chi connectivity index (χ0) is 21.8. The van der Waals surface area contributed by atoms with E-state index >= 15 is 0 Å². The molecule has 7 heteroatoms. The molecule has 1 rings (SSSR count). The van der Waals surface area contributed by atoms with Crippen LogP contribution in [0.4, 0.5) is 4.79 Å². The van der Waals surface area contributed by atoms with Crippen LogP contribution < -0.4 is 5.32 Å². The molecule has 0 aromatic rings. The van der Waals surface area contributed by atoms with Crippen molar-refractivity contribution in [3.8, 4) is 0 Å². The largest absolute Gasteiger partial charge is 0.481 e. The predicted octanol–water partition coefficient (Wildman–Crippen LogP) is 4.88. The summed E-state index contributed by atoms with van der Waals surface area (Å²) in [5.41, 5.74) is 0. The van der Waals surface area contributed by atoms with Crippen LogP contribution in [0.5, 0.6) is 0 Å². The van der Waals surface area contributed by atoms with Crippen LogP contribution >= 0.6 is 0 Å². The minimum absolute atomic E-state index is 0.162. The Morgan fingerprint density at radius 2 is 1.66 bits per heavy atom. The smallest absolute Gasteiger partial charge is 0.410 e. The van der Waals surface area contributed by atoms with E-state index in [1.54, 1.807) is 13.8 Å². The Morgan fingerprint density at radius 1 is 1.00 bits per heavy atom. The van der Waals surface area contributed by atoms with Crippen molar-refractivity contribution in [2.24, 2.45) is 17.8 Å². The second kappa shape index (κ2) is 13.4. The van der Waals surface area contributed by atoms with E-state index in [1.807, 2.05) is 0 Å². The number of carbonyl (C=O) groups is 3. The Labute approximate surface area is 174 Å². The highest BCUT2D eigenvalue weighted by Crippen LogP contribution is 2.29. The van der Waals surface area contributed by atoms with E-state index in [2.05, 4.69) is 12.2 Å². The first-order valence-electron chi connectivity index (χ1n) is 11.0. The van der Waals surface area contributed by atoms with E-state index in [0.717, 1.165) is 18.8 Å². The van der Waals surface area contributed by atoms with Gasteiger partial charge in [0, 0.05) is 18.9 Å². The second-order valence-corrected chi connectivity index (χ2v) is 8.83. The number of amides is 1. The highest BCUT2D eigenvalue weighted by Gasteiger charge is 2.24. The fourth-order valence-corrected chi connectivity index (χ4v) is 3.83. The number of alkyl carbamates (subject to hydrolysis) is 1. The number of hydrogen-bond acceptors (Lipinski definition) is 5. The molecule has 1 aliphatic carbocycles. The van der Waals surface area contributed by atoms with Crippen LogP contribution in [0.2, 0.25) is 0 Å². The van der Waals surface area contributed by atoms with E-state index in [0.29, 0.717) is 12.3 Å². The van der Waals surface area contributed by atoms with Gasteiger partial charge in [0.15, 0.2) is 0 Å². The molecule has 0 aliphatic heterocycles. The zero-order valence-corrected chi connectivity index (χ0v) is 18.4. The van der Waals surface area contributed by atoms with Crippen molar-refractivity contribution in [3.05, 3.63) is 0 Å². The molecule has 29 heavy (non-hydrogen) atoms. The van der Waals surface area contributed by atoms with Crippen molar-refractivity contribution in [1.29, 1.82) is 0 Å². The molecule has 1 saturated carbocycles. The van der Waals surface area contributed by atoms with Gasteiger partial charge >= 0.3 is 18.0 Å². The number of ether oxygens (including phenoxy) is 2. The molecule has 0 radical (unpaired) electrons. The molecule has 1 aliphatic rings. The third kappa shape index (κ3) is 11.7. The van der Waals surface area contributed by atoms with Gasteiger partial charge in [-0.25, -0.2) is 4.79 Å². The number of hydrogen-bond donors (Lipinski definition) is 2. The fraction of sp³-hybridized carbons (Fsp3) is 0.864. The number of nitrogens with one attached hydrogen (secondary N) is 1. The maximum atomic E-state index is 12.2. The average molecular weight is 414 g/mol. The molecule has 0 unspecified atom stereocenters. The molecule has 0 aromatic heterocycles. The van der Waals surface area contributed by atoms with Gasteiger partial charge in [0.05, 0.1) is 6.42 Å². The van der Waals surface area contributed by atoms with Gasteiger partial charge in [-0.2, -0.15) is 0 Å². The molecule has 0 saturated heterocycles. The van der Waals surface area contributed by atoms with E-state index in [9.17, 15) is 14.4 Å². The zero-order valence-electron chi connectivity index (χ0n) is 18.4. The van der Waals surface area contributed by atoms with Crippen molar-refractivity contribution in [1.82, 2.24) is 5.32 Å². The Bertz CT molecular complexity index is 515. The number of carboxylic acids is 1. The molecule has 0 aromatic carbocycles. The number of carbonyl (C=O) groups excluding carboxylic acids is 2. The molecule has 0 heterocycles. The molecule has 168 valence electrons. The maximum absolute atomic E-state index is 12.2. The lowest BCUT2D eigenvalue weighted by Gasteiger charge is -2.25. The topological polar surface area (TPSA) is 102 Å². The number of esters is 1. The normalized spacial score (nSPS) is 18.0. The van der Waals surface area contributed by atoms with E-state index in [1.165, 1.54) is 45.4 Å². The average Bonchev–Trinajstić information content (AvgIpc) is 2.63. The summed E-state index contributed by atoms with van der Waals surface area (Å²) in [7, 11) is 0. The highest BCUT2D eigenvalue weighted by molar-refractivity contribution is 5.71. The van der Waals surface area contributed by atoms with Crippen LogP contribution in [-0.4, -0.2) is 35.5 Å². The van der Waals surface area contributed by atoms with E-state index in [-0.39, 0.29) is 12.3 Å². The Hall–Kier alpha value is -1.79. The molecular formula is C22H39NO6. The van der Waals surface area contributed by atoms with Crippen LogP contribution in [0.25, 0.3) is 0 Å². The van der Waals surface area contributed by atoms with E-state index in [4.69, 9.17) is 14.6 Å². The highest BCUT2D eigenvalue weighted by atomic mass is 16.7. The lowest BCUT2D eigenvalue weighted by Crippen LogP contribution is -2.40. The minimum atomic E-state index is -0.993.